The van der Waals surface area contributed by atoms with E-state index in [9.17, 15) is 5.26 Å². The van der Waals surface area contributed by atoms with E-state index in [0.29, 0.717) is 12.1 Å². The fourth-order valence-electron chi connectivity index (χ4n) is 3.11. The number of piperazine rings is 1. The van der Waals surface area contributed by atoms with Crippen LogP contribution in [0.15, 0.2) is 53.4 Å². The molecule has 1 aliphatic heterocycles. The third-order valence-electron chi connectivity index (χ3n) is 4.47. The summed E-state index contributed by atoms with van der Waals surface area (Å²) in [6, 6.07) is 11.6. The summed E-state index contributed by atoms with van der Waals surface area (Å²) in [5.74, 6) is 1.61. The lowest BCUT2D eigenvalue weighted by Crippen LogP contribution is -2.46. The molecule has 4 heterocycles. The molecule has 0 unspecified atom stereocenters. The molecule has 130 valence electrons. The Morgan fingerprint density at radius 1 is 1.12 bits per heavy atom. The van der Waals surface area contributed by atoms with Crippen LogP contribution in [0.25, 0.3) is 11.3 Å². The first-order valence-electron chi connectivity index (χ1n) is 8.52. The topological polar surface area (TPSA) is 82.1 Å². The van der Waals surface area contributed by atoms with Gasteiger partial charge in [0.1, 0.15) is 17.6 Å². The lowest BCUT2D eigenvalue weighted by atomic mass is 10.2. The molecule has 0 aliphatic carbocycles. The van der Waals surface area contributed by atoms with Gasteiger partial charge in [-0.25, -0.2) is 4.98 Å². The highest BCUT2D eigenvalue weighted by atomic mass is 16.5. The van der Waals surface area contributed by atoms with Crippen molar-refractivity contribution in [2.45, 2.75) is 6.54 Å². The molecule has 0 radical (unpaired) electrons. The second-order valence-electron chi connectivity index (χ2n) is 6.17. The molecule has 0 N–H and O–H groups in total. The van der Waals surface area contributed by atoms with Crippen molar-refractivity contribution in [2.75, 3.05) is 31.1 Å². The summed E-state index contributed by atoms with van der Waals surface area (Å²) in [6.45, 7) is 4.13. The third kappa shape index (κ3) is 3.41. The quantitative estimate of drug-likeness (QED) is 0.717. The summed E-state index contributed by atoms with van der Waals surface area (Å²) in [6.07, 6.45) is 5.25. The van der Waals surface area contributed by atoms with Crippen LogP contribution in [-0.2, 0) is 6.54 Å². The van der Waals surface area contributed by atoms with Crippen molar-refractivity contribution in [2.24, 2.45) is 0 Å². The van der Waals surface area contributed by atoms with E-state index >= 15 is 0 Å². The highest BCUT2D eigenvalue weighted by Gasteiger charge is 2.21. The summed E-state index contributed by atoms with van der Waals surface area (Å²) in [5.41, 5.74) is 2.38. The van der Waals surface area contributed by atoms with Gasteiger partial charge in [0.2, 0.25) is 0 Å². The maximum Gasteiger partial charge on any atom is 0.151 e. The first kappa shape index (κ1) is 16.2. The van der Waals surface area contributed by atoms with Crippen molar-refractivity contribution in [3.63, 3.8) is 0 Å². The van der Waals surface area contributed by atoms with E-state index in [4.69, 9.17) is 4.52 Å². The number of hydrogen-bond donors (Lipinski definition) is 0. The Labute approximate surface area is 151 Å². The summed E-state index contributed by atoms with van der Waals surface area (Å²) >= 11 is 0. The normalized spacial score (nSPS) is 15.0. The number of nitriles is 1. The van der Waals surface area contributed by atoms with Crippen LogP contribution in [0.4, 0.5) is 5.82 Å². The van der Waals surface area contributed by atoms with Gasteiger partial charge in [-0.3, -0.25) is 9.88 Å². The Morgan fingerprint density at radius 2 is 1.96 bits per heavy atom. The van der Waals surface area contributed by atoms with Crippen LogP contribution in [0.2, 0.25) is 0 Å². The van der Waals surface area contributed by atoms with Crippen molar-refractivity contribution in [3.05, 3.63) is 60.2 Å². The lowest BCUT2D eigenvalue weighted by molar-refractivity contribution is 0.219. The van der Waals surface area contributed by atoms with Gasteiger partial charge in [0.15, 0.2) is 5.76 Å². The molecule has 3 aromatic rings. The van der Waals surface area contributed by atoms with Gasteiger partial charge in [0, 0.05) is 56.4 Å². The molecule has 0 atom stereocenters. The lowest BCUT2D eigenvalue weighted by Gasteiger charge is -2.35. The molecule has 26 heavy (non-hydrogen) atoms. The predicted molar refractivity (Wildman–Crippen MR) is 96.2 cm³/mol. The van der Waals surface area contributed by atoms with E-state index in [1.54, 1.807) is 24.7 Å². The minimum absolute atomic E-state index is 0.622. The Morgan fingerprint density at radius 3 is 2.73 bits per heavy atom. The van der Waals surface area contributed by atoms with Crippen LogP contribution < -0.4 is 4.90 Å². The van der Waals surface area contributed by atoms with Crippen LogP contribution in [0.5, 0.6) is 0 Å². The maximum absolute atomic E-state index is 9.24. The fraction of sp³-hybridized carbons (Fsp3) is 0.263. The minimum Gasteiger partial charge on any atom is -0.359 e. The average molecular weight is 346 g/mol. The smallest absolute Gasteiger partial charge is 0.151 e. The molecule has 0 aromatic carbocycles. The van der Waals surface area contributed by atoms with Gasteiger partial charge in [-0.15, -0.1) is 0 Å². The van der Waals surface area contributed by atoms with E-state index in [1.165, 1.54) is 0 Å². The van der Waals surface area contributed by atoms with Crippen molar-refractivity contribution in [1.82, 2.24) is 20.0 Å². The number of nitrogens with zero attached hydrogens (tertiary/aromatic N) is 6. The highest BCUT2D eigenvalue weighted by Crippen LogP contribution is 2.21. The molecule has 0 spiro atoms. The van der Waals surface area contributed by atoms with Gasteiger partial charge in [-0.05, 0) is 24.3 Å². The van der Waals surface area contributed by atoms with Crippen LogP contribution in [0, 0.1) is 11.3 Å². The highest BCUT2D eigenvalue weighted by molar-refractivity contribution is 5.57. The molecular weight excluding hydrogens is 328 g/mol. The molecular formula is C19H18N6O. The van der Waals surface area contributed by atoms with Crippen molar-refractivity contribution >= 4 is 5.82 Å². The Balaban J connectivity index is 1.37. The van der Waals surface area contributed by atoms with Gasteiger partial charge in [0.05, 0.1) is 12.1 Å². The number of anilines is 1. The summed E-state index contributed by atoms with van der Waals surface area (Å²) < 4.78 is 5.48. The monoisotopic (exact) mass is 346 g/mol. The third-order valence-corrected chi connectivity index (χ3v) is 4.47. The number of rotatable bonds is 4. The number of aromatic nitrogens is 3. The maximum atomic E-state index is 9.24. The van der Waals surface area contributed by atoms with Gasteiger partial charge < -0.3 is 9.42 Å². The van der Waals surface area contributed by atoms with Crippen molar-refractivity contribution in [1.29, 1.82) is 5.26 Å². The summed E-state index contributed by atoms with van der Waals surface area (Å²) in [5, 5.41) is 13.4. The van der Waals surface area contributed by atoms with Crippen molar-refractivity contribution in [3.8, 4) is 17.3 Å². The molecule has 7 heteroatoms. The molecule has 1 fully saturated rings. The zero-order valence-electron chi connectivity index (χ0n) is 14.2. The van der Waals surface area contributed by atoms with E-state index in [0.717, 1.165) is 49.0 Å². The zero-order chi connectivity index (χ0) is 17.8. The Bertz CT molecular complexity index is 909. The predicted octanol–water partition coefficient (Wildman–Crippen LogP) is 2.33. The van der Waals surface area contributed by atoms with Crippen molar-refractivity contribution < 1.29 is 4.52 Å². The van der Waals surface area contributed by atoms with Gasteiger partial charge in [-0.2, -0.15) is 5.26 Å². The molecule has 0 saturated carbocycles. The zero-order valence-corrected chi connectivity index (χ0v) is 14.2. The molecule has 7 nitrogen and oxygen atoms in total. The van der Waals surface area contributed by atoms with Gasteiger partial charge in [0.25, 0.3) is 0 Å². The summed E-state index contributed by atoms with van der Waals surface area (Å²) in [7, 11) is 0. The SMILES string of the molecule is N#Cc1cccnc1N1CCN(Cc2cc(-c3cccnc3)no2)CC1. The molecule has 1 saturated heterocycles. The first-order valence-corrected chi connectivity index (χ1v) is 8.52. The van der Waals surface area contributed by atoms with E-state index < -0.39 is 0 Å². The largest absolute Gasteiger partial charge is 0.359 e. The van der Waals surface area contributed by atoms with Gasteiger partial charge >= 0.3 is 0 Å². The Kier molecular flexibility index (Phi) is 4.58. The Hall–Kier alpha value is -3.24. The molecule has 4 rings (SSSR count). The minimum atomic E-state index is 0.622. The van der Waals surface area contributed by atoms with Crippen LogP contribution in [0.3, 0.4) is 0 Å². The number of pyridine rings is 2. The van der Waals surface area contributed by atoms with E-state index in [-0.39, 0.29) is 0 Å². The molecule has 0 amide bonds. The fourth-order valence-corrected chi connectivity index (χ4v) is 3.11. The van der Waals surface area contributed by atoms with E-state index in [2.05, 4.69) is 31.0 Å². The van der Waals surface area contributed by atoms with Crippen LogP contribution in [0.1, 0.15) is 11.3 Å². The van der Waals surface area contributed by atoms with Crippen LogP contribution in [-0.4, -0.2) is 46.2 Å². The summed E-state index contributed by atoms with van der Waals surface area (Å²) in [4.78, 5) is 13.0. The van der Waals surface area contributed by atoms with E-state index in [1.807, 2.05) is 24.3 Å². The molecule has 1 aliphatic rings. The second-order valence-corrected chi connectivity index (χ2v) is 6.17. The average Bonchev–Trinajstić information content (AvgIpc) is 3.18. The van der Waals surface area contributed by atoms with Crippen LogP contribution >= 0.6 is 0 Å². The standard InChI is InChI=1S/C19H18N6O/c20-12-15-3-2-6-22-19(15)25-9-7-24(8-10-25)14-17-11-18(23-26-17)16-4-1-5-21-13-16/h1-6,11,13H,7-10,14H2. The second kappa shape index (κ2) is 7.33. The number of hydrogen-bond acceptors (Lipinski definition) is 7. The van der Waals surface area contributed by atoms with Gasteiger partial charge in [-0.1, -0.05) is 5.16 Å². The molecule has 3 aromatic heterocycles. The first-order chi connectivity index (χ1) is 12.8. The molecule has 0 bridgehead atoms.